The number of halogens is 1. The van der Waals surface area contributed by atoms with Crippen molar-refractivity contribution in [2.24, 2.45) is 16.4 Å². The Morgan fingerprint density at radius 3 is 2.82 bits per heavy atom. The van der Waals surface area contributed by atoms with Crippen LogP contribution in [-0.2, 0) is 12.8 Å². The first-order valence-electron chi connectivity index (χ1n) is 9.78. The Morgan fingerprint density at radius 1 is 1.29 bits per heavy atom. The van der Waals surface area contributed by atoms with Gasteiger partial charge in [-0.1, -0.05) is 50.9 Å². The van der Waals surface area contributed by atoms with E-state index in [4.69, 9.17) is 11.6 Å². The average Bonchev–Trinajstić information content (AvgIpc) is 3.08. The van der Waals surface area contributed by atoms with Crippen molar-refractivity contribution in [1.82, 2.24) is 9.97 Å². The van der Waals surface area contributed by atoms with Gasteiger partial charge >= 0.3 is 0 Å². The van der Waals surface area contributed by atoms with Crippen molar-refractivity contribution in [3.63, 3.8) is 0 Å². The minimum Gasteiger partial charge on any atom is -0.261 e. The molecule has 3 aromatic rings. The highest BCUT2D eigenvalue weighted by molar-refractivity contribution is 7.19. The number of rotatable bonds is 5. The fraction of sp³-hybridized carbons (Fsp3) is 0.409. The van der Waals surface area contributed by atoms with E-state index in [1.807, 2.05) is 35.6 Å². The molecule has 1 atom stereocenters. The first kappa shape index (κ1) is 19.3. The van der Waals surface area contributed by atoms with E-state index in [-0.39, 0.29) is 0 Å². The summed E-state index contributed by atoms with van der Waals surface area (Å²) in [6.45, 7) is 7.08. The van der Waals surface area contributed by atoms with Crippen LogP contribution in [-0.4, -0.2) is 16.2 Å². The van der Waals surface area contributed by atoms with Gasteiger partial charge in [0.15, 0.2) is 5.82 Å². The Kier molecular flexibility index (Phi) is 5.39. The van der Waals surface area contributed by atoms with E-state index in [0.717, 1.165) is 39.5 Å². The number of hydrogen-bond donors (Lipinski definition) is 1. The fourth-order valence-electron chi connectivity index (χ4n) is 3.87. The minimum atomic E-state index is 0.349. The van der Waals surface area contributed by atoms with E-state index in [0.29, 0.717) is 11.3 Å². The number of thiophene rings is 1. The lowest BCUT2D eigenvalue weighted by Gasteiger charge is -2.36. The fourth-order valence-corrected chi connectivity index (χ4v) is 5.18. The van der Waals surface area contributed by atoms with Crippen LogP contribution in [0.2, 0.25) is 5.02 Å². The van der Waals surface area contributed by atoms with Gasteiger partial charge in [-0.2, -0.15) is 5.10 Å². The highest BCUT2D eigenvalue weighted by Gasteiger charge is 2.33. The molecule has 1 N–H and O–H groups in total. The van der Waals surface area contributed by atoms with Crippen molar-refractivity contribution in [3.05, 3.63) is 51.6 Å². The van der Waals surface area contributed by atoms with Gasteiger partial charge in [0.2, 0.25) is 0 Å². The predicted octanol–water partition coefficient (Wildman–Crippen LogP) is 6.33. The first-order valence-corrected chi connectivity index (χ1v) is 11.0. The molecular weight excluding hydrogens is 388 g/mol. The van der Waals surface area contributed by atoms with Crippen LogP contribution in [0.3, 0.4) is 0 Å². The molecule has 1 aliphatic rings. The van der Waals surface area contributed by atoms with E-state index >= 15 is 0 Å². The Balaban J connectivity index is 1.63. The molecule has 4 rings (SSSR count). The van der Waals surface area contributed by atoms with Gasteiger partial charge in [0.25, 0.3) is 0 Å². The van der Waals surface area contributed by atoms with Gasteiger partial charge in [-0.05, 0) is 53.9 Å². The summed E-state index contributed by atoms with van der Waals surface area (Å²) in [6.07, 6.45) is 8.09. The lowest BCUT2D eigenvalue weighted by Crippen LogP contribution is -2.28. The molecule has 28 heavy (non-hydrogen) atoms. The van der Waals surface area contributed by atoms with E-state index in [9.17, 15) is 0 Å². The number of benzene rings is 1. The predicted molar refractivity (Wildman–Crippen MR) is 120 cm³/mol. The number of aryl methyl sites for hydroxylation is 1. The van der Waals surface area contributed by atoms with E-state index < -0.39 is 0 Å². The summed E-state index contributed by atoms with van der Waals surface area (Å²) in [6, 6.07) is 7.59. The zero-order chi connectivity index (χ0) is 19.7. The van der Waals surface area contributed by atoms with Crippen molar-refractivity contribution in [3.8, 4) is 0 Å². The number of nitrogens with one attached hydrogen (secondary N) is 1. The molecule has 0 amide bonds. The highest BCUT2D eigenvalue weighted by Crippen LogP contribution is 2.45. The number of hydrogen-bond acceptors (Lipinski definition) is 5. The van der Waals surface area contributed by atoms with Gasteiger partial charge in [0.05, 0.1) is 11.6 Å². The third kappa shape index (κ3) is 3.78. The molecule has 4 nitrogen and oxygen atoms in total. The van der Waals surface area contributed by atoms with Crippen molar-refractivity contribution in [2.45, 2.75) is 46.5 Å². The second-order valence-electron chi connectivity index (χ2n) is 8.11. The molecular formula is C22H25ClN4S. The highest BCUT2D eigenvalue weighted by atomic mass is 35.5. The first-order chi connectivity index (χ1) is 13.5. The van der Waals surface area contributed by atoms with Crippen LogP contribution < -0.4 is 5.43 Å². The van der Waals surface area contributed by atoms with Crippen molar-refractivity contribution in [1.29, 1.82) is 0 Å². The molecule has 2 aromatic heterocycles. The zero-order valence-corrected chi connectivity index (χ0v) is 18.1. The Labute approximate surface area is 175 Å². The second kappa shape index (κ2) is 7.80. The smallest absolute Gasteiger partial charge is 0.158 e. The molecule has 1 aromatic carbocycles. The lowest BCUT2D eigenvalue weighted by atomic mass is 9.69. The largest absolute Gasteiger partial charge is 0.261 e. The molecule has 0 saturated heterocycles. The summed E-state index contributed by atoms with van der Waals surface area (Å²) in [5.74, 6) is 1.48. The van der Waals surface area contributed by atoms with E-state index in [2.05, 4.69) is 41.3 Å². The maximum atomic E-state index is 5.94. The van der Waals surface area contributed by atoms with Crippen LogP contribution in [0.4, 0.5) is 5.82 Å². The molecule has 0 bridgehead atoms. The minimum absolute atomic E-state index is 0.349. The molecule has 146 valence electrons. The topological polar surface area (TPSA) is 50.2 Å². The standard InChI is InChI=1S/C22H25ClN4S/c1-4-22(2,3)15-7-10-18-17(11-15)19-20(24-13-25-21(19)28-18)27-26-12-14-5-8-16(23)9-6-14/h5-6,8-9,12-13,15H,4,7,10-11H2,1-3H3,(H,24,25,27)/b26-12+/t15-/m0/s1. The number of nitrogens with zero attached hydrogens (tertiary/aromatic N) is 3. The summed E-state index contributed by atoms with van der Waals surface area (Å²) >= 11 is 7.75. The van der Waals surface area contributed by atoms with Crippen molar-refractivity contribution < 1.29 is 0 Å². The molecule has 0 fully saturated rings. The maximum Gasteiger partial charge on any atom is 0.158 e. The van der Waals surface area contributed by atoms with Gasteiger partial charge in [-0.3, -0.25) is 5.43 Å². The van der Waals surface area contributed by atoms with Crippen LogP contribution in [0.25, 0.3) is 10.2 Å². The molecule has 2 heterocycles. The zero-order valence-electron chi connectivity index (χ0n) is 16.5. The SMILES string of the molecule is CCC(C)(C)[C@H]1CCc2sc3ncnc(N/N=C/c4ccc(Cl)cc4)c3c2C1. The summed E-state index contributed by atoms with van der Waals surface area (Å²) in [4.78, 5) is 11.5. The van der Waals surface area contributed by atoms with Gasteiger partial charge in [-0.25, -0.2) is 9.97 Å². The molecule has 0 spiro atoms. The monoisotopic (exact) mass is 412 g/mol. The summed E-state index contributed by atoms with van der Waals surface area (Å²) in [5, 5.41) is 6.27. The third-order valence-corrected chi connectivity index (χ3v) is 7.56. The van der Waals surface area contributed by atoms with E-state index in [1.165, 1.54) is 23.3 Å². The van der Waals surface area contributed by atoms with Gasteiger partial charge < -0.3 is 0 Å². The molecule has 0 aliphatic heterocycles. The molecule has 1 aliphatic carbocycles. The average molecular weight is 413 g/mol. The van der Waals surface area contributed by atoms with Crippen molar-refractivity contribution in [2.75, 3.05) is 5.43 Å². The number of anilines is 1. The Bertz CT molecular complexity index is 1010. The van der Waals surface area contributed by atoms with Gasteiger partial charge in [0, 0.05) is 9.90 Å². The van der Waals surface area contributed by atoms with Gasteiger partial charge in [0.1, 0.15) is 11.2 Å². The quantitative estimate of drug-likeness (QED) is 0.393. The van der Waals surface area contributed by atoms with Crippen LogP contribution in [0.15, 0.2) is 35.7 Å². The summed E-state index contributed by atoms with van der Waals surface area (Å²) < 4.78 is 0. The van der Waals surface area contributed by atoms with E-state index in [1.54, 1.807) is 12.5 Å². The number of hydrazone groups is 1. The van der Waals surface area contributed by atoms with Crippen molar-refractivity contribution >= 4 is 45.2 Å². The van der Waals surface area contributed by atoms with Gasteiger partial charge in [-0.15, -0.1) is 11.3 Å². The summed E-state index contributed by atoms with van der Waals surface area (Å²) in [5.41, 5.74) is 5.90. The van der Waals surface area contributed by atoms with Crippen LogP contribution in [0.5, 0.6) is 0 Å². The summed E-state index contributed by atoms with van der Waals surface area (Å²) in [7, 11) is 0. The molecule has 0 saturated carbocycles. The van der Waals surface area contributed by atoms with Crippen LogP contribution in [0, 0.1) is 11.3 Å². The third-order valence-electron chi connectivity index (χ3n) is 6.11. The lowest BCUT2D eigenvalue weighted by molar-refractivity contribution is 0.184. The van der Waals surface area contributed by atoms with Crippen LogP contribution in [0.1, 0.15) is 49.6 Å². The molecule has 6 heteroatoms. The Morgan fingerprint density at radius 2 is 2.07 bits per heavy atom. The maximum absolute atomic E-state index is 5.94. The number of aromatic nitrogens is 2. The van der Waals surface area contributed by atoms with Crippen LogP contribution >= 0.6 is 22.9 Å². The number of fused-ring (bicyclic) bond motifs is 3. The normalized spacial score (nSPS) is 17.2. The second-order valence-corrected chi connectivity index (χ2v) is 9.63. The molecule has 0 unspecified atom stereocenters. The Hall–Kier alpha value is -1.98. The molecule has 0 radical (unpaired) electrons.